The van der Waals surface area contributed by atoms with E-state index in [1.165, 1.54) is 12.1 Å². The van der Waals surface area contributed by atoms with E-state index in [1.807, 2.05) is 17.0 Å². The first kappa shape index (κ1) is 18.7. The minimum absolute atomic E-state index is 0.0560. The summed E-state index contributed by atoms with van der Waals surface area (Å²) >= 11 is 0. The topological polar surface area (TPSA) is 57.7 Å². The Balaban J connectivity index is 1.33. The summed E-state index contributed by atoms with van der Waals surface area (Å²) in [6.07, 6.45) is 4.09. The fraction of sp³-hybridized carbons (Fsp3) is 0.429. The molecule has 0 aliphatic carbocycles. The summed E-state index contributed by atoms with van der Waals surface area (Å²) in [5.74, 6) is -0.295. The van der Waals surface area contributed by atoms with Gasteiger partial charge in [0.1, 0.15) is 11.5 Å². The van der Waals surface area contributed by atoms with Crippen LogP contribution in [0.1, 0.15) is 23.3 Å². The number of ether oxygens (including phenoxy) is 1. The van der Waals surface area contributed by atoms with Crippen LogP contribution in [0, 0.1) is 5.82 Å². The van der Waals surface area contributed by atoms with Crippen LogP contribution in [0.5, 0.6) is 0 Å². The van der Waals surface area contributed by atoms with Gasteiger partial charge in [-0.1, -0.05) is 0 Å². The Morgan fingerprint density at radius 1 is 1.18 bits per heavy atom. The Bertz CT molecular complexity index is 800. The molecule has 2 fully saturated rings. The van der Waals surface area contributed by atoms with Gasteiger partial charge in [-0.05, 0) is 49.2 Å². The van der Waals surface area contributed by atoms with Crippen LogP contribution < -0.4 is 10.2 Å². The molecule has 0 spiro atoms. The van der Waals surface area contributed by atoms with E-state index >= 15 is 0 Å². The van der Waals surface area contributed by atoms with E-state index in [-0.39, 0.29) is 17.8 Å². The summed E-state index contributed by atoms with van der Waals surface area (Å²) < 4.78 is 18.7. The van der Waals surface area contributed by atoms with Gasteiger partial charge in [0, 0.05) is 56.9 Å². The van der Waals surface area contributed by atoms with Crippen LogP contribution in [0.2, 0.25) is 0 Å². The van der Waals surface area contributed by atoms with Gasteiger partial charge in [0.2, 0.25) is 0 Å². The molecule has 0 bridgehead atoms. The van der Waals surface area contributed by atoms with E-state index in [0.717, 1.165) is 37.4 Å². The third kappa shape index (κ3) is 4.42. The van der Waals surface area contributed by atoms with E-state index in [0.29, 0.717) is 31.9 Å². The quantitative estimate of drug-likeness (QED) is 0.859. The van der Waals surface area contributed by atoms with Crippen molar-refractivity contribution in [3.63, 3.8) is 0 Å². The zero-order valence-corrected chi connectivity index (χ0v) is 15.8. The molecule has 1 N–H and O–H groups in total. The molecule has 148 valence electrons. The molecule has 1 aromatic heterocycles. The third-order valence-corrected chi connectivity index (χ3v) is 5.30. The first-order valence-corrected chi connectivity index (χ1v) is 9.80. The number of pyridine rings is 1. The largest absolute Gasteiger partial charge is 0.382 e. The van der Waals surface area contributed by atoms with E-state index < -0.39 is 0 Å². The zero-order chi connectivity index (χ0) is 19.3. The summed E-state index contributed by atoms with van der Waals surface area (Å²) in [5.41, 5.74) is 2.32. The molecule has 7 heteroatoms. The predicted octanol–water partition coefficient (Wildman–Crippen LogP) is 2.77. The molecule has 2 aliphatic heterocycles. The lowest BCUT2D eigenvalue weighted by Crippen LogP contribution is -2.49. The maximum Gasteiger partial charge on any atom is 0.272 e. The van der Waals surface area contributed by atoms with Crippen molar-refractivity contribution in [2.45, 2.75) is 18.9 Å². The van der Waals surface area contributed by atoms with Crippen LogP contribution in [0.4, 0.5) is 15.8 Å². The number of amides is 1. The number of halogens is 1. The van der Waals surface area contributed by atoms with E-state index in [2.05, 4.69) is 15.2 Å². The minimum Gasteiger partial charge on any atom is -0.382 e. The van der Waals surface area contributed by atoms with Gasteiger partial charge < -0.3 is 19.9 Å². The van der Waals surface area contributed by atoms with Crippen LogP contribution in [-0.4, -0.2) is 61.2 Å². The molecule has 1 unspecified atom stereocenters. The maximum atomic E-state index is 13.1. The van der Waals surface area contributed by atoms with Crippen molar-refractivity contribution in [1.82, 2.24) is 9.88 Å². The summed E-state index contributed by atoms with van der Waals surface area (Å²) in [6.45, 7) is 4.24. The number of aromatic nitrogens is 1. The molecule has 28 heavy (non-hydrogen) atoms. The summed E-state index contributed by atoms with van der Waals surface area (Å²) in [6, 6.07) is 10.2. The second-order valence-electron chi connectivity index (χ2n) is 7.20. The monoisotopic (exact) mass is 384 g/mol. The van der Waals surface area contributed by atoms with Gasteiger partial charge in [0.05, 0.1) is 6.10 Å². The average Bonchev–Trinajstić information content (AvgIpc) is 3.26. The molecule has 2 saturated heterocycles. The van der Waals surface area contributed by atoms with Crippen molar-refractivity contribution in [2.75, 3.05) is 49.5 Å². The van der Waals surface area contributed by atoms with Crippen LogP contribution in [0.3, 0.4) is 0 Å². The molecule has 2 aromatic rings. The van der Waals surface area contributed by atoms with Crippen molar-refractivity contribution in [1.29, 1.82) is 0 Å². The second-order valence-corrected chi connectivity index (χ2v) is 7.20. The van der Waals surface area contributed by atoms with Gasteiger partial charge in [0.25, 0.3) is 5.91 Å². The normalized spacial score (nSPS) is 19.7. The van der Waals surface area contributed by atoms with Crippen LogP contribution in [-0.2, 0) is 4.74 Å². The summed E-state index contributed by atoms with van der Waals surface area (Å²) in [5, 5.41) is 3.34. The number of carbonyl (C=O) groups is 1. The lowest BCUT2D eigenvalue weighted by Gasteiger charge is -2.36. The lowest BCUT2D eigenvalue weighted by molar-refractivity contribution is 0.0741. The number of benzene rings is 1. The fourth-order valence-electron chi connectivity index (χ4n) is 3.68. The molecule has 0 radical (unpaired) electrons. The number of hydrogen-bond acceptors (Lipinski definition) is 5. The Morgan fingerprint density at radius 2 is 1.96 bits per heavy atom. The number of carbonyl (C=O) groups excluding carboxylic acids is 1. The highest BCUT2D eigenvalue weighted by molar-refractivity contribution is 5.93. The highest BCUT2D eigenvalue weighted by Gasteiger charge is 2.23. The van der Waals surface area contributed by atoms with Crippen molar-refractivity contribution in [3.05, 3.63) is 54.1 Å². The predicted molar refractivity (Wildman–Crippen MR) is 106 cm³/mol. The van der Waals surface area contributed by atoms with Crippen LogP contribution in [0.25, 0.3) is 0 Å². The Hall–Kier alpha value is -2.67. The smallest absolute Gasteiger partial charge is 0.272 e. The second kappa shape index (κ2) is 8.56. The van der Waals surface area contributed by atoms with E-state index in [4.69, 9.17) is 4.74 Å². The number of hydrogen-bond donors (Lipinski definition) is 1. The van der Waals surface area contributed by atoms with Crippen molar-refractivity contribution < 1.29 is 13.9 Å². The van der Waals surface area contributed by atoms with E-state index in [1.54, 1.807) is 18.3 Å². The molecule has 4 rings (SSSR count). The molecular formula is C21H25FN4O2. The first-order chi connectivity index (χ1) is 13.7. The van der Waals surface area contributed by atoms with Gasteiger partial charge in [0.15, 0.2) is 0 Å². The fourth-order valence-corrected chi connectivity index (χ4v) is 3.68. The van der Waals surface area contributed by atoms with Gasteiger partial charge in [-0.3, -0.25) is 9.78 Å². The number of nitrogens with zero attached hydrogens (tertiary/aromatic N) is 3. The van der Waals surface area contributed by atoms with Crippen LogP contribution >= 0.6 is 0 Å². The maximum absolute atomic E-state index is 13.1. The number of piperazine rings is 1. The Kier molecular flexibility index (Phi) is 5.71. The minimum atomic E-state index is -0.239. The standard InChI is InChI=1S/C21H25FN4O2/c22-16-3-5-18(6-4-16)25-9-11-26(12-10-25)21(27)20-14-17(7-8-23-20)24-15-19-2-1-13-28-19/h3-8,14,19H,1-2,9-13,15H2,(H,23,24). The average molecular weight is 384 g/mol. The molecular weight excluding hydrogens is 359 g/mol. The molecule has 1 amide bonds. The molecule has 0 saturated carbocycles. The van der Waals surface area contributed by atoms with Crippen molar-refractivity contribution in [3.8, 4) is 0 Å². The van der Waals surface area contributed by atoms with Crippen LogP contribution in [0.15, 0.2) is 42.6 Å². The molecule has 1 atom stereocenters. The molecule has 6 nitrogen and oxygen atoms in total. The Morgan fingerprint density at radius 3 is 2.68 bits per heavy atom. The lowest BCUT2D eigenvalue weighted by atomic mass is 10.2. The van der Waals surface area contributed by atoms with Crippen molar-refractivity contribution in [2.24, 2.45) is 0 Å². The van der Waals surface area contributed by atoms with Gasteiger partial charge >= 0.3 is 0 Å². The highest BCUT2D eigenvalue weighted by Crippen LogP contribution is 2.19. The number of nitrogens with one attached hydrogen (secondary N) is 1. The summed E-state index contributed by atoms with van der Waals surface area (Å²) in [4.78, 5) is 21.1. The van der Waals surface area contributed by atoms with Gasteiger partial charge in [-0.15, -0.1) is 0 Å². The number of rotatable bonds is 5. The van der Waals surface area contributed by atoms with Crippen molar-refractivity contribution >= 4 is 17.3 Å². The zero-order valence-electron chi connectivity index (χ0n) is 15.8. The van der Waals surface area contributed by atoms with Gasteiger partial charge in [-0.25, -0.2) is 4.39 Å². The Labute approximate surface area is 164 Å². The molecule has 2 aliphatic rings. The van der Waals surface area contributed by atoms with E-state index in [9.17, 15) is 9.18 Å². The first-order valence-electron chi connectivity index (χ1n) is 9.80. The highest BCUT2D eigenvalue weighted by atomic mass is 19.1. The SMILES string of the molecule is O=C(c1cc(NCC2CCCO2)ccn1)N1CCN(c2ccc(F)cc2)CC1. The summed E-state index contributed by atoms with van der Waals surface area (Å²) in [7, 11) is 0. The van der Waals surface area contributed by atoms with Gasteiger partial charge in [-0.2, -0.15) is 0 Å². The third-order valence-electron chi connectivity index (χ3n) is 5.30. The number of anilines is 2. The molecule has 3 heterocycles. The molecule has 1 aromatic carbocycles.